The van der Waals surface area contributed by atoms with Gasteiger partial charge in [-0.05, 0) is 36.9 Å². The van der Waals surface area contributed by atoms with Gasteiger partial charge >= 0.3 is 0 Å². The summed E-state index contributed by atoms with van der Waals surface area (Å²) in [5, 5.41) is 3.67. The number of nitrogens with zero attached hydrogens (tertiary/aromatic N) is 1. The zero-order chi connectivity index (χ0) is 12.9. The van der Waals surface area contributed by atoms with Gasteiger partial charge in [0.05, 0.1) is 13.2 Å². The van der Waals surface area contributed by atoms with Crippen LogP contribution >= 0.6 is 0 Å². The first kappa shape index (κ1) is 13.1. The molecule has 2 aliphatic rings. The molecule has 1 saturated heterocycles. The Labute approximate surface area is 115 Å². The summed E-state index contributed by atoms with van der Waals surface area (Å²) in [6, 6.07) is 9.49. The molecule has 2 heterocycles. The first-order valence-electron chi connectivity index (χ1n) is 7.52. The summed E-state index contributed by atoms with van der Waals surface area (Å²) in [6.45, 7) is 6.31. The van der Waals surface area contributed by atoms with Crippen LogP contribution < -0.4 is 5.32 Å². The lowest BCUT2D eigenvalue weighted by Crippen LogP contribution is -2.39. The second-order valence-corrected chi connectivity index (χ2v) is 5.65. The van der Waals surface area contributed by atoms with E-state index in [9.17, 15) is 0 Å². The van der Waals surface area contributed by atoms with Crippen LogP contribution in [0.4, 0.5) is 0 Å². The van der Waals surface area contributed by atoms with Crippen molar-refractivity contribution in [2.24, 2.45) is 0 Å². The molecule has 0 spiro atoms. The van der Waals surface area contributed by atoms with Crippen molar-refractivity contribution in [1.82, 2.24) is 10.2 Å². The maximum atomic E-state index is 5.38. The Kier molecular flexibility index (Phi) is 4.49. The topological polar surface area (TPSA) is 24.5 Å². The van der Waals surface area contributed by atoms with Crippen LogP contribution in [0.5, 0.6) is 0 Å². The molecule has 1 unspecified atom stereocenters. The fraction of sp³-hybridized carbons (Fsp3) is 0.625. The molecule has 3 rings (SSSR count). The van der Waals surface area contributed by atoms with Crippen LogP contribution in [0.25, 0.3) is 0 Å². The summed E-state index contributed by atoms with van der Waals surface area (Å²) in [5.74, 6) is 0. The summed E-state index contributed by atoms with van der Waals surface area (Å²) in [6.07, 6.45) is 3.77. The number of hydrogen-bond acceptors (Lipinski definition) is 3. The van der Waals surface area contributed by atoms with Gasteiger partial charge < -0.3 is 10.1 Å². The predicted octanol–water partition coefficient (Wildman–Crippen LogP) is 1.81. The van der Waals surface area contributed by atoms with Gasteiger partial charge in [-0.2, -0.15) is 0 Å². The number of hydrogen-bond donors (Lipinski definition) is 1. The third-order valence-electron chi connectivity index (χ3n) is 4.30. The van der Waals surface area contributed by atoms with E-state index in [2.05, 4.69) is 34.5 Å². The van der Waals surface area contributed by atoms with Gasteiger partial charge in [0.25, 0.3) is 0 Å². The van der Waals surface area contributed by atoms with Crippen molar-refractivity contribution in [3.63, 3.8) is 0 Å². The van der Waals surface area contributed by atoms with Gasteiger partial charge in [0.2, 0.25) is 0 Å². The van der Waals surface area contributed by atoms with Crippen molar-refractivity contribution in [3.8, 4) is 0 Å². The Balaban J connectivity index is 1.42. The number of benzene rings is 1. The quantitative estimate of drug-likeness (QED) is 0.893. The molecule has 1 aromatic carbocycles. The maximum Gasteiger partial charge on any atom is 0.0594 e. The van der Waals surface area contributed by atoms with Crippen molar-refractivity contribution in [1.29, 1.82) is 0 Å². The van der Waals surface area contributed by atoms with Crippen LogP contribution in [-0.4, -0.2) is 43.8 Å². The molecule has 19 heavy (non-hydrogen) atoms. The lowest BCUT2D eigenvalue weighted by Gasteiger charge is -2.29. The molecule has 2 aliphatic heterocycles. The molecule has 0 amide bonds. The Morgan fingerprint density at radius 3 is 2.79 bits per heavy atom. The van der Waals surface area contributed by atoms with Gasteiger partial charge in [-0.15, -0.1) is 0 Å². The Morgan fingerprint density at radius 2 is 1.95 bits per heavy atom. The molecule has 104 valence electrons. The summed E-state index contributed by atoms with van der Waals surface area (Å²) >= 11 is 0. The van der Waals surface area contributed by atoms with Crippen molar-refractivity contribution in [3.05, 3.63) is 35.4 Å². The Morgan fingerprint density at radius 1 is 1.16 bits per heavy atom. The molecular weight excluding hydrogens is 236 g/mol. The van der Waals surface area contributed by atoms with E-state index >= 15 is 0 Å². The van der Waals surface area contributed by atoms with Gasteiger partial charge in [-0.1, -0.05) is 24.3 Å². The Hall–Kier alpha value is -0.900. The van der Waals surface area contributed by atoms with E-state index in [1.165, 1.54) is 36.9 Å². The normalized spacial score (nSPS) is 24.1. The molecule has 1 N–H and O–H groups in total. The van der Waals surface area contributed by atoms with Crippen LogP contribution in [0, 0.1) is 0 Å². The van der Waals surface area contributed by atoms with Crippen molar-refractivity contribution in [2.45, 2.75) is 31.8 Å². The molecule has 0 aliphatic carbocycles. The minimum atomic E-state index is 0.663. The molecule has 0 radical (unpaired) electrons. The standard InChI is InChI=1S/C16H24N2O/c1-2-5-15-13-17-16(12-14(15)4-1)6-3-7-18-8-10-19-11-9-18/h1-2,4-5,16-17H,3,6-13H2. The van der Waals surface area contributed by atoms with Gasteiger partial charge in [0.15, 0.2) is 0 Å². The van der Waals surface area contributed by atoms with E-state index in [1.54, 1.807) is 0 Å². The highest BCUT2D eigenvalue weighted by atomic mass is 16.5. The van der Waals surface area contributed by atoms with Crippen LogP contribution in [0.15, 0.2) is 24.3 Å². The number of nitrogens with one attached hydrogen (secondary N) is 1. The van der Waals surface area contributed by atoms with Gasteiger partial charge in [-0.3, -0.25) is 4.90 Å². The average molecular weight is 260 g/mol. The van der Waals surface area contributed by atoms with Crippen LogP contribution in [0.3, 0.4) is 0 Å². The highest BCUT2D eigenvalue weighted by Crippen LogP contribution is 2.18. The minimum Gasteiger partial charge on any atom is -0.379 e. The molecule has 0 bridgehead atoms. The molecule has 3 nitrogen and oxygen atoms in total. The van der Waals surface area contributed by atoms with Gasteiger partial charge in [0, 0.05) is 25.7 Å². The van der Waals surface area contributed by atoms with Gasteiger partial charge in [0.1, 0.15) is 0 Å². The van der Waals surface area contributed by atoms with Gasteiger partial charge in [-0.25, -0.2) is 0 Å². The Bertz CT molecular complexity index is 401. The van der Waals surface area contributed by atoms with Crippen molar-refractivity contribution < 1.29 is 4.74 Å². The predicted molar refractivity (Wildman–Crippen MR) is 77.3 cm³/mol. The number of rotatable bonds is 4. The summed E-state index contributed by atoms with van der Waals surface area (Å²) < 4.78 is 5.38. The highest BCUT2D eigenvalue weighted by Gasteiger charge is 2.17. The van der Waals surface area contributed by atoms with E-state index in [4.69, 9.17) is 4.74 Å². The lowest BCUT2D eigenvalue weighted by molar-refractivity contribution is 0.0368. The van der Waals surface area contributed by atoms with E-state index in [0.717, 1.165) is 32.8 Å². The average Bonchev–Trinajstić information content (AvgIpc) is 2.48. The van der Waals surface area contributed by atoms with E-state index in [1.807, 2.05) is 0 Å². The molecule has 1 atom stereocenters. The van der Waals surface area contributed by atoms with Crippen LogP contribution in [-0.2, 0) is 17.7 Å². The molecule has 1 fully saturated rings. The molecule has 3 heteroatoms. The smallest absolute Gasteiger partial charge is 0.0594 e. The summed E-state index contributed by atoms with van der Waals surface area (Å²) in [7, 11) is 0. The fourth-order valence-corrected chi connectivity index (χ4v) is 3.11. The zero-order valence-electron chi connectivity index (χ0n) is 11.6. The first-order valence-corrected chi connectivity index (χ1v) is 7.52. The van der Waals surface area contributed by atoms with E-state index < -0.39 is 0 Å². The first-order chi connectivity index (χ1) is 9.42. The van der Waals surface area contributed by atoms with E-state index in [0.29, 0.717) is 6.04 Å². The second-order valence-electron chi connectivity index (χ2n) is 5.65. The second kappa shape index (κ2) is 6.51. The molecule has 0 aromatic heterocycles. The third-order valence-corrected chi connectivity index (χ3v) is 4.30. The van der Waals surface area contributed by atoms with Crippen molar-refractivity contribution >= 4 is 0 Å². The SMILES string of the molecule is c1ccc2c(c1)CNC(CCCN1CCOCC1)C2. The summed E-state index contributed by atoms with van der Waals surface area (Å²) in [5.41, 5.74) is 3.02. The van der Waals surface area contributed by atoms with Crippen molar-refractivity contribution in [2.75, 3.05) is 32.8 Å². The fourth-order valence-electron chi connectivity index (χ4n) is 3.11. The summed E-state index contributed by atoms with van der Waals surface area (Å²) in [4.78, 5) is 2.53. The maximum absolute atomic E-state index is 5.38. The molecular formula is C16H24N2O. The molecule has 0 saturated carbocycles. The zero-order valence-corrected chi connectivity index (χ0v) is 11.6. The monoisotopic (exact) mass is 260 g/mol. The van der Waals surface area contributed by atoms with Crippen LogP contribution in [0.2, 0.25) is 0 Å². The number of fused-ring (bicyclic) bond motifs is 1. The third kappa shape index (κ3) is 3.56. The van der Waals surface area contributed by atoms with Crippen LogP contribution in [0.1, 0.15) is 24.0 Å². The number of morpholine rings is 1. The highest BCUT2D eigenvalue weighted by molar-refractivity contribution is 5.29. The minimum absolute atomic E-state index is 0.663. The largest absolute Gasteiger partial charge is 0.379 e. The lowest BCUT2D eigenvalue weighted by atomic mass is 9.93. The molecule has 1 aromatic rings. The number of ether oxygens (including phenoxy) is 1. The van der Waals surface area contributed by atoms with E-state index in [-0.39, 0.29) is 0 Å².